The second-order valence-corrected chi connectivity index (χ2v) is 12.3. The molecule has 0 spiro atoms. The molecule has 0 bridgehead atoms. The summed E-state index contributed by atoms with van der Waals surface area (Å²) in [6, 6.07) is 0. The molecule has 0 aromatic rings. The van der Waals surface area contributed by atoms with Gasteiger partial charge < -0.3 is 15.3 Å². The monoisotopic (exact) mass is 606 g/mol. The molecule has 3 N–H and O–H groups in total. The van der Waals surface area contributed by atoms with Crippen molar-refractivity contribution in [1.82, 2.24) is 0 Å². The molecule has 0 aliphatic heterocycles. The van der Waals surface area contributed by atoms with Gasteiger partial charge in [0.05, 0.1) is 0 Å². The highest BCUT2D eigenvalue weighted by Crippen LogP contribution is 2.26. The molecule has 0 amide bonds. The number of carbonyl (C=O) groups is 3. The predicted octanol–water partition coefficient (Wildman–Crippen LogP) is 8.68. The molecule has 6 heteroatoms. The minimum atomic E-state index is -2.80. The molecule has 0 aromatic carbocycles. The summed E-state index contributed by atoms with van der Waals surface area (Å²) < 4.78 is 0. The summed E-state index contributed by atoms with van der Waals surface area (Å²) in [6.45, 7) is 6.40. The summed E-state index contributed by atoms with van der Waals surface area (Å²) >= 11 is 0. The molecule has 6 nitrogen and oxygen atoms in total. The van der Waals surface area contributed by atoms with Gasteiger partial charge in [0.2, 0.25) is 0 Å². The molecular formula is C37H66O6. The average Bonchev–Trinajstić information content (AvgIpc) is 3.01. The minimum Gasteiger partial charge on any atom is -0.382 e. The Bertz CT molecular complexity index is 739. The van der Waals surface area contributed by atoms with Gasteiger partial charge in [0.1, 0.15) is 0 Å². The molecule has 0 saturated heterocycles. The minimum absolute atomic E-state index is 0.00207. The van der Waals surface area contributed by atoms with Crippen LogP contribution in [0.4, 0.5) is 0 Å². The molecule has 0 saturated carbocycles. The van der Waals surface area contributed by atoms with Crippen LogP contribution >= 0.6 is 0 Å². The van der Waals surface area contributed by atoms with Crippen molar-refractivity contribution in [2.24, 2.45) is 0 Å². The summed E-state index contributed by atoms with van der Waals surface area (Å²) in [5, 5.41) is 33.1. The van der Waals surface area contributed by atoms with E-state index in [1.807, 2.05) is 0 Å². The first-order valence-electron chi connectivity index (χ1n) is 17.7. The van der Waals surface area contributed by atoms with Gasteiger partial charge in [-0.15, -0.1) is 0 Å². The van der Waals surface area contributed by atoms with Crippen LogP contribution in [0.15, 0.2) is 24.3 Å². The van der Waals surface area contributed by atoms with Crippen molar-refractivity contribution in [1.29, 1.82) is 0 Å². The smallest absolute Gasteiger partial charge is 0.189 e. The number of aliphatic hydroxyl groups is 3. The Balaban J connectivity index is 4.81. The molecule has 0 aliphatic carbocycles. The lowest BCUT2D eigenvalue weighted by Gasteiger charge is -2.34. The highest BCUT2D eigenvalue weighted by molar-refractivity contribution is 6.01. The predicted molar refractivity (Wildman–Crippen MR) is 178 cm³/mol. The number of Topliss-reactive ketones (excluding diaryl/α,β-unsaturated/α-hetero) is 3. The van der Waals surface area contributed by atoms with Crippen LogP contribution < -0.4 is 0 Å². The molecule has 0 aromatic heterocycles. The van der Waals surface area contributed by atoms with E-state index in [4.69, 9.17) is 0 Å². The maximum atomic E-state index is 13.2. The van der Waals surface area contributed by atoms with E-state index < -0.39 is 35.2 Å². The summed E-state index contributed by atoms with van der Waals surface area (Å²) in [5.41, 5.74) is -2.80. The van der Waals surface area contributed by atoms with Gasteiger partial charge in [-0.05, 0) is 51.4 Å². The van der Waals surface area contributed by atoms with Gasteiger partial charge in [-0.3, -0.25) is 14.4 Å². The van der Waals surface area contributed by atoms with Crippen LogP contribution in [0, 0.1) is 0 Å². The van der Waals surface area contributed by atoms with Crippen LogP contribution in [0.2, 0.25) is 0 Å². The fourth-order valence-corrected chi connectivity index (χ4v) is 5.32. The Hall–Kier alpha value is -1.63. The van der Waals surface area contributed by atoms with Crippen LogP contribution in [0.25, 0.3) is 0 Å². The van der Waals surface area contributed by atoms with Crippen LogP contribution in [-0.4, -0.2) is 50.5 Å². The molecule has 0 heterocycles. The first kappa shape index (κ1) is 41.4. The summed E-state index contributed by atoms with van der Waals surface area (Å²) in [4.78, 5) is 38.8. The Labute approximate surface area is 263 Å². The van der Waals surface area contributed by atoms with Gasteiger partial charge in [-0.25, -0.2) is 0 Å². The third-order valence-electron chi connectivity index (χ3n) is 8.30. The molecular weight excluding hydrogens is 540 g/mol. The van der Waals surface area contributed by atoms with Crippen molar-refractivity contribution in [3.05, 3.63) is 24.3 Å². The fraction of sp³-hybridized carbons (Fsp3) is 0.811. The zero-order valence-corrected chi connectivity index (χ0v) is 28.0. The highest BCUT2D eigenvalue weighted by Gasteiger charge is 2.53. The summed E-state index contributed by atoms with van der Waals surface area (Å²) in [7, 11) is 0. The quantitative estimate of drug-likeness (QED) is 0.0538. The first-order valence-corrected chi connectivity index (χ1v) is 17.7. The van der Waals surface area contributed by atoms with Gasteiger partial charge in [0.15, 0.2) is 35.2 Å². The van der Waals surface area contributed by atoms with Gasteiger partial charge in [0, 0.05) is 19.3 Å². The molecule has 2 unspecified atom stereocenters. The second kappa shape index (κ2) is 27.9. The SMILES string of the molecule is CCCCC/C=C\C/C=C\CCCCCCCC(=O)C(O)(C(O)C(=O)CCCCCCC)C(O)C(=O)CCCCCCC. The Morgan fingerprint density at radius 1 is 0.512 bits per heavy atom. The summed E-state index contributed by atoms with van der Waals surface area (Å²) in [5.74, 6) is -2.21. The first-order chi connectivity index (χ1) is 20.8. The lowest BCUT2D eigenvalue weighted by atomic mass is 9.78. The van der Waals surface area contributed by atoms with E-state index in [0.29, 0.717) is 19.3 Å². The van der Waals surface area contributed by atoms with Gasteiger partial charge >= 0.3 is 0 Å². The third kappa shape index (κ3) is 19.4. The Kier molecular flexibility index (Phi) is 26.8. The number of hydrogen-bond acceptors (Lipinski definition) is 6. The number of allylic oxidation sites excluding steroid dienone is 4. The molecule has 0 rings (SSSR count). The summed E-state index contributed by atoms with van der Waals surface area (Å²) in [6.07, 6.45) is 24.6. The van der Waals surface area contributed by atoms with E-state index in [0.717, 1.165) is 96.3 Å². The zero-order valence-electron chi connectivity index (χ0n) is 28.0. The largest absolute Gasteiger partial charge is 0.382 e. The van der Waals surface area contributed by atoms with Crippen molar-refractivity contribution in [3.63, 3.8) is 0 Å². The lowest BCUT2D eigenvalue weighted by molar-refractivity contribution is -0.181. The van der Waals surface area contributed by atoms with E-state index in [9.17, 15) is 29.7 Å². The van der Waals surface area contributed by atoms with Crippen molar-refractivity contribution < 1.29 is 29.7 Å². The maximum Gasteiger partial charge on any atom is 0.189 e. The standard InChI is InChI=1S/C37H66O6/c1-4-7-10-13-14-15-16-17-18-19-20-21-22-25-28-31-34(40)37(43,35(41)32(38)29-26-23-11-8-5-2)36(42)33(39)30-27-24-12-9-6-3/h14-15,17-18,35-36,41-43H,4-13,16,19-31H2,1-3H3/b15-14-,18-17-. The zero-order chi connectivity index (χ0) is 32.2. The number of rotatable bonds is 31. The fourth-order valence-electron chi connectivity index (χ4n) is 5.32. The van der Waals surface area contributed by atoms with Gasteiger partial charge in [-0.1, -0.05) is 129 Å². The molecule has 0 aliphatic rings. The van der Waals surface area contributed by atoms with Gasteiger partial charge in [-0.2, -0.15) is 0 Å². The average molecular weight is 607 g/mol. The Morgan fingerprint density at radius 2 is 0.860 bits per heavy atom. The lowest BCUT2D eigenvalue weighted by Crippen LogP contribution is -2.63. The normalized spacial score (nSPS) is 14.7. The maximum absolute atomic E-state index is 13.2. The van der Waals surface area contributed by atoms with Crippen molar-refractivity contribution in [2.45, 2.75) is 193 Å². The van der Waals surface area contributed by atoms with E-state index >= 15 is 0 Å². The van der Waals surface area contributed by atoms with Crippen molar-refractivity contribution in [3.8, 4) is 0 Å². The van der Waals surface area contributed by atoms with Crippen LogP contribution in [-0.2, 0) is 14.4 Å². The number of hydrogen-bond donors (Lipinski definition) is 3. The van der Waals surface area contributed by atoms with E-state index in [1.54, 1.807) is 0 Å². The number of unbranched alkanes of at least 4 members (excludes halogenated alkanes) is 16. The van der Waals surface area contributed by atoms with E-state index in [1.165, 1.54) is 19.3 Å². The van der Waals surface area contributed by atoms with E-state index in [-0.39, 0.29) is 19.3 Å². The second-order valence-electron chi connectivity index (χ2n) is 12.3. The highest BCUT2D eigenvalue weighted by atomic mass is 16.4. The van der Waals surface area contributed by atoms with Gasteiger partial charge in [0.25, 0.3) is 0 Å². The molecule has 0 fully saturated rings. The van der Waals surface area contributed by atoms with Crippen molar-refractivity contribution in [2.75, 3.05) is 0 Å². The number of aliphatic hydroxyl groups excluding tert-OH is 2. The number of carbonyl (C=O) groups excluding carboxylic acids is 3. The molecule has 2 atom stereocenters. The van der Waals surface area contributed by atoms with Crippen LogP contribution in [0.1, 0.15) is 175 Å². The molecule has 250 valence electrons. The topological polar surface area (TPSA) is 112 Å². The van der Waals surface area contributed by atoms with Crippen LogP contribution in [0.3, 0.4) is 0 Å². The van der Waals surface area contributed by atoms with E-state index in [2.05, 4.69) is 45.1 Å². The molecule has 0 radical (unpaired) electrons. The Morgan fingerprint density at radius 3 is 1.33 bits per heavy atom. The molecule has 43 heavy (non-hydrogen) atoms. The third-order valence-corrected chi connectivity index (χ3v) is 8.30. The number of ketones is 3. The van der Waals surface area contributed by atoms with Crippen LogP contribution in [0.5, 0.6) is 0 Å². The van der Waals surface area contributed by atoms with Crippen molar-refractivity contribution >= 4 is 17.3 Å².